The molecule has 1 aromatic rings. The number of nitrogens with one attached hydrogen (secondary N) is 1. The lowest BCUT2D eigenvalue weighted by Crippen LogP contribution is -2.15. The number of benzene rings is 1. The number of hydrogen-bond acceptors (Lipinski definition) is 3. The average Bonchev–Trinajstić information content (AvgIpc) is 2.12. The second-order valence-corrected chi connectivity index (χ2v) is 2.82. The molecular formula is C9H9FN2O2. The minimum absolute atomic E-state index is 0.0682. The van der Waals surface area contributed by atoms with Gasteiger partial charge in [0.05, 0.1) is 5.69 Å². The van der Waals surface area contributed by atoms with Gasteiger partial charge in [-0.25, -0.2) is 4.39 Å². The number of hydrogen-bond donors (Lipinski definition) is 1. The molecule has 1 N–H and O–H groups in total. The number of halogens is 1. The lowest BCUT2D eigenvalue weighted by atomic mass is 10.2. The predicted octanol–water partition coefficient (Wildman–Crippen LogP) is 1.84. The first-order valence-electron chi connectivity index (χ1n) is 3.98. The standard InChI is InChI=1S/C9H9FN2O2/c1-6-2-3-7(10)8(4-6)12-9(13)5-11-14/h2-4H,5H2,1H3,(H,12,13). The number of rotatable bonds is 3. The molecular weight excluding hydrogens is 187 g/mol. The number of carbonyl (C=O) groups excluding carboxylic acids is 1. The Bertz CT molecular complexity index is 366. The first kappa shape index (κ1) is 10.3. The zero-order valence-corrected chi connectivity index (χ0v) is 7.58. The minimum Gasteiger partial charge on any atom is -0.322 e. The molecule has 0 bridgehead atoms. The van der Waals surface area contributed by atoms with Crippen LogP contribution in [0.1, 0.15) is 5.56 Å². The molecule has 0 aliphatic rings. The SMILES string of the molecule is Cc1ccc(F)c(NC(=O)CN=O)c1. The highest BCUT2D eigenvalue weighted by atomic mass is 19.1. The molecule has 0 atom stereocenters. The zero-order valence-electron chi connectivity index (χ0n) is 7.58. The highest BCUT2D eigenvalue weighted by Gasteiger charge is 2.06. The summed E-state index contributed by atoms with van der Waals surface area (Å²) < 4.78 is 13.0. The second kappa shape index (κ2) is 4.45. The fourth-order valence-corrected chi connectivity index (χ4v) is 0.983. The van der Waals surface area contributed by atoms with Gasteiger partial charge in [-0.3, -0.25) is 4.79 Å². The van der Waals surface area contributed by atoms with Crippen LogP contribution in [-0.4, -0.2) is 12.5 Å². The van der Waals surface area contributed by atoms with E-state index in [0.717, 1.165) is 5.56 Å². The van der Waals surface area contributed by atoms with Crippen LogP contribution >= 0.6 is 0 Å². The van der Waals surface area contributed by atoms with E-state index in [2.05, 4.69) is 10.5 Å². The molecule has 1 rings (SSSR count). The second-order valence-electron chi connectivity index (χ2n) is 2.82. The maximum atomic E-state index is 13.0. The van der Waals surface area contributed by atoms with Gasteiger partial charge in [-0.1, -0.05) is 11.2 Å². The van der Waals surface area contributed by atoms with Gasteiger partial charge in [-0.15, -0.1) is 0 Å². The van der Waals surface area contributed by atoms with E-state index in [1.165, 1.54) is 12.1 Å². The van der Waals surface area contributed by atoms with Gasteiger partial charge < -0.3 is 5.32 Å². The van der Waals surface area contributed by atoms with Crippen molar-refractivity contribution in [3.63, 3.8) is 0 Å². The van der Waals surface area contributed by atoms with Crippen LogP contribution in [0.4, 0.5) is 10.1 Å². The van der Waals surface area contributed by atoms with Crippen LogP contribution in [0.25, 0.3) is 0 Å². The van der Waals surface area contributed by atoms with E-state index >= 15 is 0 Å². The Morgan fingerprint density at radius 3 is 2.93 bits per heavy atom. The van der Waals surface area contributed by atoms with Gasteiger partial charge in [-0.05, 0) is 24.6 Å². The fourth-order valence-electron chi connectivity index (χ4n) is 0.983. The van der Waals surface area contributed by atoms with E-state index in [9.17, 15) is 14.1 Å². The van der Waals surface area contributed by atoms with Crippen LogP contribution in [0.2, 0.25) is 0 Å². The van der Waals surface area contributed by atoms with Crippen LogP contribution in [-0.2, 0) is 4.79 Å². The Hall–Kier alpha value is -1.78. The van der Waals surface area contributed by atoms with E-state index in [1.807, 2.05) is 0 Å². The summed E-state index contributed by atoms with van der Waals surface area (Å²) in [6, 6.07) is 4.32. The number of anilines is 1. The van der Waals surface area contributed by atoms with Crippen molar-refractivity contribution in [1.29, 1.82) is 0 Å². The molecule has 0 aliphatic heterocycles. The van der Waals surface area contributed by atoms with Gasteiger partial charge in [0.25, 0.3) is 0 Å². The molecule has 0 aliphatic carbocycles. The molecule has 0 unspecified atom stereocenters. The maximum Gasteiger partial charge on any atom is 0.249 e. The van der Waals surface area contributed by atoms with Gasteiger partial charge in [0, 0.05) is 0 Å². The van der Waals surface area contributed by atoms with Crippen molar-refractivity contribution < 1.29 is 9.18 Å². The normalized spacial score (nSPS) is 9.57. The Morgan fingerprint density at radius 2 is 2.29 bits per heavy atom. The van der Waals surface area contributed by atoms with Gasteiger partial charge in [-0.2, -0.15) is 4.91 Å². The van der Waals surface area contributed by atoms with Crippen LogP contribution < -0.4 is 5.32 Å². The average molecular weight is 196 g/mol. The van der Waals surface area contributed by atoms with Crippen molar-refractivity contribution in [2.75, 3.05) is 11.9 Å². The molecule has 0 aromatic heterocycles. The van der Waals surface area contributed by atoms with Crippen LogP contribution in [0.5, 0.6) is 0 Å². The third-order valence-corrected chi connectivity index (χ3v) is 1.60. The number of carbonyl (C=O) groups is 1. The summed E-state index contributed by atoms with van der Waals surface area (Å²) in [7, 11) is 0. The van der Waals surface area contributed by atoms with Crippen molar-refractivity contribution in [1.82, 2.24) is 0 Å². The molecule has 74 valence electrons. The molecule has 5 heteroatoms. The smallest absolute Gasteiger partial charge is 0.249 e. The minimum atomic E-state index is -0.621. The van der Waals surface area contributed by atoms with Crippen LogP contribution in [0, 0.1) is 17.6 Å². The lowest BCUT2D eigenvalue weighted by molar-refractivity contribution is -0.114. The van der Waals surface area contributed by atoms with Crippen molar-refractivity contribution in [3.05, 3.63) is 34.5 Å². The molecule has 0 heterocycles. The fraction of sp³-hybridized carbons (Fsp3) is 0.222. The molecule has 0 saturated heterocycles. The van der Waals surface area contributed by atoms with Gasteiger partial charge in [0.15, 0.2) is 6.54 Å². The monoisotopic (exact) mass is 196 g/mol. The molecule has 14 heavy (non-hydrogen) atoms. The zero-order chi connectivity index (χ0) is 10.6. The Balaban J connectivity index is 2.80. The summed E-state index contributed by atoms with van der Waals surface area (Å²) in [6.45, 7) is 1.26. The van der Waals surface area contributed by atoms with E-state index in [0.29, 0.717) is 0 Å². The largest absolute Gasteiger partial charge is 0.322 e. The summed E-state index contributed by atoms with van der Waals surface area (Å²) in [5, 5.41) is 4.64. The van der Waals surface area contributed by atoms with Crippen molar-refractivity contribution >= 4 is 11.6 Å². The third-order valence-electron chi connectivity index (χ3n) is 1.60. The van der Waals surface area contributed by atoms with Crippen LogP contribution in [0.3, 0.4) is 0 Å². The summed E-state index contributed by atoms with van der Waals surface area (Å²) in [4.78, 5) is 20.7. The van der Waals surface area contributed by atoms with E-state index in [4.69, 9.17) is 0 Å². The molecule has 1 aromatic carbocycles. The lowest BCUT2D eigenvalue weighted by Gasteiger charge is -2.04. The summed E-state index contributed by atoms with van der Waals surface area (Å²) in [6.07, 6.45) is 0. The molecule has 0 radical (unpaired) electrons. The van der Waals surface area contributed by atoms with E-state index in [1.54, 1.807) is 13.0 Å². The third kappa shape index (κ3) is 2.62. The number of nitroso groups, excluding NO2 is 1. The highest BCUT2D eigenvalue weighted by molar-refractivity contribution is 5.92. The Morgan fingerprint density at radius 1 is 1.57 bits per heavy atom. The first-order chi connectivity index (χ1) is 6.63. The van der Waals surface area contributed by atoms with Crippen molar-refractivity contribution in [3.8, 4) is 0 Å². The predicted molar refractivity (Wildman–Crippen MR) is 50.4 cm³/mol. The molecule has 0 fully saturated rings. The number of aryl methyl sites for hydroxylation is 1. The van der Waals surface area contributed by atoms with Crippen molar-refractivity contribution in [2.24, 2.45) is 5.18 Å². The highest BCUT2D eigenvalue weighted by Crippen LogP contribution is 2.15. The summed E-state index contributed by atoms with van der Waals surface area (Å²) in [5.74, 6) is -1.15. The Labute approximate surface area is 80.1 Å². The first-order valence-corrected chi connectivity index (χ1v) is 3.98. The molecule has 1 amide bonds. The van der Waals surface area contributed by atoms with E-state index in [-0.39, 0.29) is 5.69 Å². The van der Waals surface area contributed by atoms with E-state index < -0.39 is 18.3 Å². The van der Waals surface area contributed by atoms with Gasteiger partial charge in [0.1, 0.15) is 5.82 Å². The molecule has 0 saturated carbocycles. The van der Waals surface area contributed by atoms with Gasteiger partial charge >= 0.3 is 0 Å². The maximum absolute atomic E-state index is 13.0. The molecule has 0 spiro atoms. The number of amides is 1. The molecule has 4 nitrogen and oxygen atoms in total. The number of nitrogens with zero attached hydrogens (tertiary/aromatic N) is 1. The van der Waals surface area contributed by atoms with Gasteiger partial charge in [0.2, 0.25) is 5.91 Å². The Kier molecular flexibility index (Phi) is 3.28. The summed E-state index contributed by atoms with van der Waals surface area (Å²) >= 11 is 0. The van der Waals surface area contributed by atoms with Crippen molar-refractivity contribution in [2.45, 2.75) is 6.92 Å². The topological polar surface area (TPSA) is 58.5 Å². The summed E-state index contributed by atoms with van der Waals surface area (Å²) in [5.41, 5.74) is 0.888. The van der Waals surface area contributed by atoms with Crippen LogP contribution in [0.15, 0.2) is 23.4 Å². The quantitative estimate of drug-likeness (QED) is 0.750.